The van der Waals surface area contributed by atoms with Crippen LogP contribution in [0.4, 0.5) is 0 Å². The summed E-state index contributed by atoms with van der Waals surface area (Å²) in [5.74, 6) is 0. The van der Waals surface area contributed by atoms with Crippen molar-refractivity contribution in [3.8, 4) is 6.07 Å². The van der Waals surface area contributed by atoms with Crippen molar-refractivity contribution in [2.75, 3.05) is 0 Å². The number of aliphatic hydroxyl groups is 1. The Morgan fingerprint density at radius 3 is 2.94 bits per heavy atom. The average molecular weight is 219 g/mol. The molecule has 4 heteroatoms. The Morgan fingerprint density at radius 1 is 1.69 bits per heavy atom. The molecule has 1 aliphatic carbocycles. The highest BCUT2D eigenvalue weighted by molar-refractivity contribution is 5.17. The molecule has 0 radical (unpaired) electrons. The summed E-state index contributed by atoms with van der Waals surface area (Å²) in [6, 6.07) is 2.28. The summed E-state index contributed by atoms with van der Waals surface area (Å²) in [4.78, 5) is 4.06. The zero-order chi connectivity index (χ0) is 11.6. The van der Waals surface area contributed by atoms with Crippen LogP contribution in [0.25, 0.3) is 0 Å². The first-order valence-corrected chi connectivity index (χ1v) is 5.83. The van der Waals surface area contributed by atoms with Gasteiger partial charge in [0.25, 0.3) is 0 Å². The molecule has 4 nitrogen and oxygen atoms in total. The fraction of sp³-hybridized carbons (Fsp3) is 0.667. The largest absolute Gasteiger partial charge is 0.385 e. The Labute approximate surface area is 95.5 Å². The van der Waals surface area contributed by atoms with Gasteiger partial charge in [-0.05, 0) is 19.3 Å². The van der Waals surface area contributed by atoms with E-state index in [0.717, 1.165) is 37.9 Å². The van der Waals surface area contributed by atoms with Crippen molar-refractivity contribution in [3.05, 3.63) is 18.2 Å². The van der Waals surface area contributed by atoms with Crippen molar-refractivity contribution in [1.29, 1.82) is 5.26 Å². The van der Waals surface area contributed by atoms with Crippen molar-refractivity contribution in [3.63, 3.8) is 0 Å². The molecule has 1 aromatic heterocycles. The van der Waals surface area contributed by atoms with E-state index >= 15 is 0 Å². The van der Waals surface area contributed by atoms with Crippen LogP contribution in [0.5, 0.6) is 0 Å². The average Bonchev–Trinajstić information content (AvgIpc) is 2.65. The van der Waals surface area contributed by atoms with Crippen LogP contribution >= 0.6 is 0 Å². The van der Waals surface area contributed by atoms with Gasteiger partial charge in [0, 0.05) is 6.54 Å². The first-order valence-electron chi connectivity index (χ1n) is 5.83. The Morgan fingerprint density at radius 2 is 2.44 bits per heavy atom. The summed E-state index contributed by atoms with van der Waals surface area (Å²) in [6.45, 7) is 2.92. The zero-order valence-electron chi connectivity index (χ0n) is 9.56. The van der Waals surface area contributed by atoms with Crippen LogP contribution in [-0.2, 0) is 6.54 Å². The molecule has 0 spiro atoms. The molecule has 0 bridgehead atoms. The second kappa shape index (κ2) is 4.26. The van der Waals surface area contributed by atoms with Gasteiger partial charge in [0.15, 0.2) is 0 Å². The predicted octanol–water partition coefficient (Wildman–Crippen LogP) is 2.02. The number of nitrogens with zero attached hydrogens (tertiary/aromatic N) is 3. The second-order valence-corrected chi connectivity index (χ2v) is 4.54. The van der Waals surface area contributed by atoms with Crippen molar-refractivity contribution in [2.45, 2.75) is 45.3 Å². The van der Waals surface area contributed by atoms with Crippen LogP contribution < -0.4 is 0 Å². The smallest absolute Gasteiger partial charge is 0.114 e. The molecule has 1 heterocycles. The second-order valence-electron chi connectivity index (χ2n) is 4.54. The maximum absolute atomic E-state index is 10.3. The van der Waals surface area contributed by atoms with Gasteiger partial charge in [0.1, 0.15) is 6.10 Å². The molecule has 2 rings (SSSR count). The van der Waals surface area contributed by atoms with Crippen LogP contribution in [0, 0.1) is 16.7 Å². The first kappa shape index (κ1) is 11.2. The molecular weight excluding hydrogens is 202 g/mol. The van der Waals surface area contributed by atoms with E-state index in [1.807, 2.05) is 4.57 Å². The lowest BCUT2D eigenvalue weighted by Crippen LogP contribution is -2.35. The van der Waals surface area contributed by atoms with Gasteiger partial charge in [-0.1, -0.05) is 13.3 Å². The molecule has 0 amide bonds. The highest BCUT2D eigenvalue weighted by Gasteiger charge is 2.45. The van der Waals surface area contributed by atoms with Crippen LogP contribution in [0.15, 0.2) is 12.5 Å². The van der Waals surface area contributed by atoms with E-state index in [1.165, 1.54) is 0 Å². The van der Waals surface area contributed by atoms with Crippen molar-refractivity contribution < 1.29 is 5.11 Å². The van der Waals surface area contributed by atoms with Crippen LogP contribution in [0.3, 0.4) is 0 Å². The van der Waals surface area contributed by atoms with E-state index in [-0.39, 0.29) is 0 Å². The van der Waals surface area contributed by atoms with Crippen molar-refractivity contribution in [1.82, 2.24) is 9.55 Å². The molecule has 86 valence electrons. The number of rotatable bonds is 4. The number of hydrogen-bond acceptors (Lipinski definition) is 3. The third-order valence-electron chi connectivity index (χ3n) is 3.48. The van der Waals surface area contributed by atoms with Crippen LogP contribution in [0.1, 0.15) is 44.4 Å². The van der Waals surface area contributed by atoms with E-state index in [0.29, 0.717) is 0 Å². The Bertz CT molecular complexity index is 401. The molecule has 1 unspecified atom stereocenters. The van der Waals surface area contributed by atoms with Gasteiger partial charge >= 0.3 is 0 Å². The lowest BCUT2D eigenvalue weighted by Gasteiger charge is -2.39. The summed E-state index contributed by atoms with van der Waals surface area (Å²) >= 11 is 0. The molecule has 0 saturated heterocycles. The maximum atomic E-state index is 10.3. The van der Waals surface area contributed by atoms with E-state index in [4.69, 9.17) is 0 Å². The minimum Gasteiger partial charge on any atom is -0.385 e. The fourth-order valence-corrected chi connectivity index (χ4v) is 2.27. The minimum absolute atomic E-state index is 0.564. The molecule has 0 aliphatic heterocycles. The zero-order valence-corrected chi connectivity index (χ0v) is 9.56. The molecule has 1 aromatic rings. The normalized spacial score (nSPS) is 19.8. The quantitative estimate of drug-likeness (QED) is 0.842. The predicted molar refractivity (Wildman–Crippen MR) is 59.4 cm³/mol. The molecule has 1 saturated carbocycles. The maximum Gasteiger partial charge on any atom is 0.114 e. The summed E-state index contributed by atoms with van der Waals surface area (Å²) in [5.41, 5.74) is 0.217. The SMILES string of the molecule is CCCn1cncc1C(O)C1(C#N)CCC1. The number of hydrogen-bond donors (Lipinski definition) is 1. The number of aryl methyl sites for hydroxylation is 1. The molecule has 1 aliphatic rings. The number of imidazole rings is 1. The van der Waals surface area contributed by atoms with Gasteiger partial charge in [0.05, 0.1) is 29.7 Å². The molecule has 1 fully saturated rings. The van der Waals surface area contributed by atoms with Crippen molar-refractivity contribution >= 4 is 0 Å². The van der Waals surface area contributed by atoms with Gasteiger partial charge in [0.2, 0.25) is 0 Å². The van der Waals surface area contributed by atoms with E-state index in [2.05, 4.69) is 18.0 Å². The standard InChI is InChI=1S/C12H17N3O/c1-2-6-15-9-14-7-10(15)11(16)12(8-13)4-3-5-12/h7,9,11,16H,2-6H2,1H3. The number of aliphatic hydroxyl groups excluding tert-OH is 1. The van der Waals surface area contributed by atoms with Gasteiger partial charge < -0.3 is 9.67 Å². The molecule has 1 N–H and O–H groups in total. The lowest BCUT2D eigenvalue weighted by molar-refractivity contribution is 0.00264. The Kier molecular flexibility index (Phi) is 2.97. The van der Waals surface area contributed by atoms with E-state index in [9.17, 15) is 10.4 Å². The molecule has 1 atom stereocenters. The number of aromatic nitrogens is 2. The third kappa shape index (κ3) is 1.61. The summed E-state index contributed by atoms with van der Waals surface area (Å²) in [7, 11) is 0. The molecule has 0 aromatic carbocycles. The van der Waals surface area contributed by atoms with Gasteiger partial charge in [-0.3, -0.25) is 0 Å². The van der Waals surface area contributed by atoms with Gasteiger partial charge in [-0.15, -0.1) is 0 Å². The first-order chi connectivity index (χ1) is 7.73. The Hall–Kier alpha value is -1.34. The highest BCUT2D eigenvalue weighted by atomic mass is 16.3. The van der Waals surface area contributed by atoms with Crippen LogP contribution in [0.2, 0.25) is 0 Å². The topological polar surface area (TPSA) is 61.8 Å². The van der Waals surface area contributed by atoms with Crippen LogP contribution in [-0.4, -0.2) is 14.7 Å². The van der Waals surface area contributed by atoms with E-state index < -0.39 is 11.5 Å². The molecule has 16 heavy (non-hydrogen) atoms. The lowest BCUT2D eigenvalue weighted by atomic mass is 9.65. The summed E-state index contributed by atoms with van der Waals surface area (Å²) in [5, 5.41) is 19.5. The summed E-state index contributed by atoms with van der Waals surface area (Å²) < 4.78 is 1.95. The third-order valence-corrected chi connectivity index (χ3v) is 3.48. The monoisotopic (exact) mass is 219 g/mol. The van der Waals surface area contributed by atoms with Gasteiger partial charge in [-0.25, -0.2) is 4.98 Å². The fourth-order valence-electron chi connectivity index (χ4n) is 2.27. The number of nitriles is 1. The Balaban J connectivity index is 2.23. The molecular formula is C12H17N3O. The summed E-state index contributed by atoms with van der Waals surface area (Å²) in [6.07, 6.45) is 6.33. The van der Waals surface area contributed by atoms with Crippen molar-refractivity contribution in [2.24, 2.45) is 5.41 Å². The minimum atomic E-state index is -0.694. The van der Waals surface area contributed by atoms with E-state index in [1.54, 1.807) is 12.5 Å². The highest BCUT2D eigenvalue weighted by Crippen LogP contribution is 2.49. The van der Waals surface area contributed by atoms with Gasteiger partial charge in [-0.2, -0.15) is 5.26 Å².